The molecule has 1 aliphatic rings. The van der Waals surface area contributed by atoms with Gasteiger partial charge in [0.15, 0.2) is 0 Å². The molecule has 8 nitrogen and oxygen atoms in total. The van der Waals surface area contributed by atoms with Crippen molar-refractivity contribution in [2.24, 2.45) is 0 Å². The highest BCUT2D eigenvalue weighted by molar-refractivity contribution is 7.92. The molecule has 0 amide bonds. The van der Waals surface area contributed by atoms with E-state index in [1.807, 2.05) is 19.9 Å². The fraction of sp³-hybridized carbons (Fsp3) is 0.286. The van der Waals surface area contributed by atoms with Crippen LogP contribution in [0, 0.1) is 6.92 Å². The Kier molecular flexibility index (Phi) is 4.85. The first-order chi connectivity index (χ1) is 14.1. The molecular formula is C21H21N3O5S. The van der Waals surface area contributed by atoms with Gasteiger partial charge in [0.05, 0.1) is 23.2 Å². The normalized spacial score (nSPS) is 16.0. The summed E-state index contributed by atoms with van der Waals surface area (Å²) in [5, 5.41) is 0. The largest absolute Gasteiger partial charge is 0.456 e. The van der Waals surface area contributed by atoms with Crippen LogP contribution < -0.4 is 9.86 Å². The van der Waals surface area contributed by atoms with Crippen molar-refractivity contribution in [2.45, 2.75) is 32.9 Å². The Morgan fingerprint density at radius 2 is 2.00 bits per heavy atom. The number of nitrogens with zero attached hydrogens (tertiary/aromatic N) is 3. The minimum Gasteiger partial charge on any atom is -0.456 e. The van der Waals surface area contributed by atoms with Crippen LogP contribution in [-0.2, 0) is 27.8 Å². The zero-order valence-corrected chi connectivity index (χ0v) is 17.6. The van der Waals surface area contributed by atoms with Gasteiger partial charge in [-0.15, -0.1) is 0 Å². The van der Waals surface area contributed by atoms with E-state index in [1.54, 1.807) is 30.5 Å². The van der Waals surface area contributed by atoms with Crippen molar-refractivity contribution in [3.8, 4) is 0 Å². The van der Waals surface area contributed by atoms with E-state index in [0.29, 0.717) is 29.0 Å². The van der Waals surface area contributed by atoms with Gasteiger partial charge < -0.3 is 4.74 Å². The number of aromatic nitrogens is 2. The molecular weight excluding hydrogens is 406 g/mol. The summed E-state index contributed by atoms with van der Waals surface area (Å²) in [6.45, 7) is 3.59. The summed E-state index contributed by atoms with van der Waals surface area (Å²) in [5.41, 5.74) is 3.24. The van der Waals surface area contributed by atoms with Gasteiger partial charge in [-0.3, -0.25) is 13.5 Å². The molecule has 0 fully saturated rings. The number of fused-ring (bicyclic) bond motifs is 2. The van der Waals surface area contributed by atoms with E-state index < -0.39 is 16.0 Å². The smallest absolute Gasteiger partial charge is 0.338 e. The third kappa shape index (κ3) is 3.68. The number of hydrogen-bond acceptors (Lipinski definition) is 6. The van der Waals surface area contributed by atoms with E-state index >= 15 is 0 Å². The molecule has 0 saturated heterocycles. The van der Waals surface area contributed by atoms with Crippen molar-refractivity contribution in [3.05, 3.63) is 75.3 Å². The van der Waals surface area contributed by atoms with Crippen LogP contribution in [0.15, 0.2) is 47.4 Å². The number of carbonyl (C=O) groups excluding carboxylic acids is 1. The van der Waals surface area contributed by atoms with Crippen molar-refractivity contribution in [3.63, 3.8) is 0 Å². The predicted octanol–water partition coefficient (Wildman–Crippen LogP) is 2.07. The molecule has 30 heavy (non-hydrogen) atoms. The number of rotatable bonds is 4. The first-order valence-corrected chi connectivity index (χ1v) is 11.3. The van der Waals surface area contributed by atoms with Gasteiger partial charge in [0, 0.05) is 18.3 Å². The average Bonchev–Trinajstić information content (AvgIpc) is 3.00. The van der Waals surface area contributed by atoms with E-state index in [-0.39, 0.29) is 18.2 Å². The summed E-state index contributed by atoms with van der Waals surface area (Å²) >= 11 is 0. The highest BCUT2D eigenvalue weighted by atomic mass is 32.2. The summed E-state index contributed by atoms with van der Waals surface area (Å²) in [6, 6.07) is 9.55. The quantitative estimate of drug-likeness (QED) is 0.591. The third-order valence-electron chi connectivity index (χ3n) is 5.05. The number of anilines is 1. The van der Waals surface area contributed by atoms with E-state index in [9.17, 15) is 18.0 Å². The molecule has 1 aliphatic heterocycles. The first kappa shape index (κ1) is 20.1. The molecule has 0 spiro atoms. The van der Waals surface area contributed by atoms with Gasteiger partial charge in [0.1, 0.15) is 12.3 Å². The molecule has 0 bridgehead atoms. The number of hydrogen-bond donors (Lipinski definition) is 0. The maximum absolute atomic E-state index is 12.5. The lowest BCUT2D eigenvalue weighted by atomic mass is 10.1. The summed E-state index contributed by atoms with van der Waals surface area (Å²) in [7, 11) is -3.39. The Morgan fingerprint density at radius 1 is 1.23 bits per heavy atom. The lowest BCUT2D eigenvalue weighted by molar-refractivity contribution is 0.0467. The SMILES string of the molecule is Cc1ccn2c(=O)cc(COC(=O)c3ccc4c(c3)CC(C)N4S(C)(=O)=O)nc2c1. The zero-order chi connectivity index (χ0) is 21.6. The van der Waals surface area contributed by atoms with Gasteiger partial charge in [0.25, 0.3) is 5.56 Å². The van der Waals surface area contributed by atoms with Crippen molar-refractivity contribution < 1.29 is 17.9 Å². The fourth-order valence-electron chi connectivity index (χ4n) is 3.79. The Morgan fingerprint density at radius 3 is 2.73 bits per heavy atom. The van der Waals surface area contributed by atoms with Crippen LogP contribution >= 0.6 is 0 Å². The number of ether oxygens (including phenoxy) is 1. The van der Waals surface area contributed by atoms with E-state index in [0.717, 1.165) is 11.1 Å². The number of benzene rings is 1. The molecule has 0 aliphatic carbocycles. The van der Waals surface area contributed by atoms with Crippen molar-refractivity contribution >= 4 is 27.3 Å². The summed E-state index contributed by atoms with van der Waals surface area (Å²) in [6.07, 6.45) is 3.34. The summed E-state index contributed by atoms with van der Waals surface area (Å²) in [4.78, 5) is 29.1. The van der Waals surface area contributed by atoms with Crippen LogP contribution in [0.1, 0.15) is 34.1 Å². The van der Waals surface area contributed by atoms with E-state index in [1.165, 1.54) is 21.0 Å². The molecule has 0 radical (unpaired) electrons. The maximum atomic E-state index is 12.5. The van der Waals surface area contributed by atoms with Gasteiger partial charge in [0.2, 0.25) is 10.0 Å². The standard InChI is InChI=1S/C21H21N3O5S/c1-13-6-7-23-19(8-13)22-17(11-20(23)25)12-29-21(26)15-4-5-18-16(10-15)9-14(2)24(18)30(3,27)28/h4-8,10-11,14H,9,12H2,1-3H3. The number of esters is 1. The molecule has 1 aromatic carbocycles. The van der Waals surface area contributed by atoms with Gasteiger partial charge in [-0.2, -0.15) is 0 Å². The Hall–Kier alpha value is -3.20. The molecule has 156 valence electrons. The van der Waals surface area contributed by atoms with Gasteiger partial charge in [-0.05, 0) is 61.7 Å². The predicted molar refractivity (Wildman–Crippen MR) is 112 cm³/mol. The number of sulfonamides is 1. The maximum Gasteiger partial charge on any atom is 0.338 e. The summed E-state index contributed by atoms with van der Waals surface area (Å²) in [5.74, 6) is -0.561. The van der Waals surface area contributed by atoms with Crippen molar-refractivity contribution in [2.75, 3.05) is 10.6 Å². The molecule has 0 saturated carbocycles. The zero-order valence-electron chi connectivity index (χ0n) is 16.8. The third-order valence-corrected chi connectivity index (χ3v) is 6.32. The van der Waals surface area contributed by atoms with Crippen LogP contribution in [-0.4, -0.2) is 36.1 Å². The van der Waals surface area contributed by atoms with Crippen molar-refractivity contribution in [1.82, 2.24) is 9.38 Å². The molecule has 0 N–H and O–H groups in total. The van der Waals surface area contributed by atoms with Crippen LogP contribution in [0.3, 0.4) is 0 Å². The highest BCUT2D eigenvalue weighted by Gasteiger charge is 2.32. The average molecular weight is 427 g/mol. The van der Waals surface area contributed by atoms with Gasteiger partial charge in [-0.25, -0.2) is 18.2 Å². The minimum absolute atomic E-state index is 0.137. The molecule has 3 aromatic rings. The Balaban J connectivity index is 1.54. The minimum atomic E-state index is -3.39. The van der Waals surface area contributed by atoms with E-state index in [4.69, 9.17) is 4.74 Å². The molecule has 3 heterocycles. The Bertz CT molecular complexity index is 1330. The van der Waals surface area contributed by atoms with Crippen molar-refractivity contribution in [1.29, 1.82) is 0 Å². The summed E-state index contributed by atoms with van der Waals surface area (Å²) < 4.78 is 32.2. The second-order valence-corrected chi connectivity index (χ2v) is 9.41. The molecule has 2 aromatic heterocycles. The van der Waals surface area contributed by atoms with E-state index in [2.05, 4.69) is 4.98 Å². The molecule has 4 rings (SSSR count). The van der Waals surface area contributed by atoms with Crippen LogP contribution in [0.25, 0.3) is 5.65 Å². The Labute approximate surface area is 173 Å². The van der Waals surface area contributed by atoms with Gasteiger partial charge in [-0.1, -0.05) is 0 Å². The van der Waals surface area contributed by atoms with Crippen LogP contribution in [0.2, 0.25) is 0 Å². The molecule has 1 unspecified atom stereocenters. The lowest BCUT2D eigenvalue weighted by Crippen LogP contribution is -2.34. The number of aryl methyl sites for hydroxylation is 1. The van der Waals surface area contributed by atoms with Crippen LogP contribution in [0.5, 0.6) is 0 Å². The highest BCUT2D eigenvalue weighted by Crippen LogP contribution is 2.34. The van der Waals surface area contributed by atoms with Crippen LogP contribution in [0.4, 0.5) is 5.69 Å². The number of pyridine rings is 1. The second-order valence-electron chi connectivity index (χ2n) is 7.55. The monoisotopic (exact) mass is 427 g/mol. The second kappa shape index (κ2) is 7.24. The topological polar surface area (TPSA) is 98.0 Å². The lowest BCUT2D eigenvalue weighted by Gasteiger charge is -2.21. The first-order valence-electron chi connectivity index (χ1n) is 9.42. The van der Waals surface area contributed by atoms with Gasteiger partial charge >= 0.3 is 5.97 Å². The fourth-order valence-corrected chi connectivity index (χ4v) is 5.05. The number of carbonyl (C=O) groups is 1. The molecule has 9 heteroatoms. The molecule has 1 atom stereocenters.